The Balaban J connectivity index is 2.65. The highest BCUT2D eigenvalue weighted by atomic mass is 35.5. The summed E-state index contributed by atoms with van der Waals surface area (Å²) in [5.41, 5.74) is 0.445. The van der Waals surface area contributed by atoms with E-state index in [1.165, 1.54) is 7.11 Å². The van der Waals surface area contributed by atoms with E-state index in [-0.39, 0.29) is 12.0 Å². The monoisotopic (exact) mass is 343 g/mol. The van der Waals surface area contributed by atoms with Crippen LogP contribution >= 0.6 is 11.6 Å². The van der Waals surface area contributed by atoms with Gasteiger partial charge >= 0.3 is 0 Å². The topological polar surface area (TPSA) is 56.8 Å². The Labute approximate surface area is 143 Å². The van der Waals surface area contributed by atoms with Gasteiger partial charge in [-0.2, -0.15) is 0 Å². The standard InChI is InChI=1S/C17H26ClNO4/c1-5-8-23-16-14(18)10-13(11-15(16)21-4)17(20)19-7-6-9-22-12(2)3/h10-12H,5-9H2,1-4H3,(H,19,20). The minimum atomic E-state index is -0.197. The van der Waals surface area contributed by atoms with E-state index in [4.69, 9.17) is 25.8 Å². The molecule has 0 spiro atoms. The Morgan fingerprint density at radius 2 is 2.04 bits per heavy atom. The Kier molecular flexibility index (Phi) is 8.81. The third kappa shape index (κ3) is 6.67. The summed E-state index contributed by atoms with van der Waals surface area (Å²) in [6, 6.07) is 3.23. The van der Waals surface area contributed by atoms with Crippen LogP contribution in [-0.2, 0) is 4.74 Å². The lowest BCUT2D eigenvalue weighted by Gasteiger charge is -2.14. The highest BCUT2D eigenvalue weighted by molar-refractivity contribution is 6.32. The fourth-order valence-electron chi connectivity index (χ4n) is 1.89. The van der Waals surface area contributed by atoms with Gasteiger partial charge in [0.1, 0.15) is 0 Å². The van der Waals surface area contributed by atoms with Crippen molar-refractivity contribution < 1.29 is 19.0 Å². The fourth-order valence-corrected chi connectivity index (χ4v) is 2.16. The Morgan fingerprint density at radius 1 is 1.30 bits per heavy atom. The normalized spacial score (nSPS) is 10.7. The van der Waals surface area contributed by atoms with Crippen molar-refractivity contribution in [2.24, 2.45) is 0 Å². The number of amides is 1. The summed E-state index contributed by atoms with van der Waals surface area (Å²) in [6.07, 6.45) is 1.82. The zero-order chi connectivity index (χ0) is 17.2. The number of carbonyl (C=O) groups excluding carboxylic acids is 1. The van der Waals surface area contributed by atoms with Crippen LogP contribution in [0.15, 0.2) is 12.1 Å². The summed E-state index contributed by atoms with van der Waals surface area (Å²) in [7, 11) is 1.52. The molecular formula is C17H26ClNO4. The van der Waals surface area contributed by atoms with Crippen LogP contribution < -0.4 is 14.8 Å². The van der Waals surface area contributed by atoms with Gasteiger partial charge in [0.05, 0.1) is 24.8 Å². The van der Waals surface area contributed by atoms with Crippen molar-refractivity contribution in [1.29, 1.82) is 0 Å². The molecule has 0 aliphatic rings. The summed E-state index contributed by atoms with van der Waals surface area (Å²) in [5, 5.41) is 3.21. The van der Waals surface area contributed by atoms with Crippen LogP contribution in [-0.4, -0.2) is 38.9 Å². The molecule has 0 bridgehead atoms. The van der Waals surface area contributed by atoms with Crippen LogP contribution in [0.5, 0.6) is 11.5 Å². The van der Waals surface area contributed by atoms with Crippen molar-refractivity contribution in [3.05, 3.63) is 22.7 Å². The van der Waals surface area contributed by atoms with Crippen LogP contribution in [0.2, 0.25) is 5.02 Å². The molecule has 6 heteroatoms. The molecule has 23 heavy (non-hydrogen) atoms. The molecular weight excluding hydrogens is 318 g/mol. The molecule has 1 aromatic carbocycles. The molecule has 1 amide bonds. The van der Waals surface area contributed by atoms with E-state index in [0.29, 0.717) is 41.8 Å². The van der Waals surface area contributed by atoms with Crippen LogP contribution in [0.1, 0.15) is 44.0 Å². The molecule has 0 unspecified atom stereocenters. The quantitative estimate of drug-likeness (QED) is 0.658. The number of hydrogen-bond acceptors (Lipinski definition) is 4. The van der Waals surface area contributed by atoms with E-state index in [0.717, 1.165) is 12.8 Å². The van der Waals surface area contributed by atoms with Gasteiger partial charge in [-0.15, -0.1) is 0 Å². The molecule has 0 aromatic heterocycles. The van der Waals surface area contributed by atoms with Gasteiger partial charge in [0.15, 0.2) is 11.5 Å². The molecule has 0 radical (unpaired) electrons. The molecule has 130 valence electrons. The predicted molar refractivity (Wildman–Crippen MR) is 91.8 cm³/mol. The average molecular weight is 344 g/mol. The third-order valence-electron chi connectivity index (χ3n) is 3.00. The minimum absolute atomic E-state index is 0.197. The first-order chi connectivity index (χ1) is 11.0. The summed E-state index contributed by atoms with van der Waals surface area (Å²) in [5.74, 6) is 0.730. The molecule has 0 fully saturated rings. The Morgan fingerprint density at radius 3 is 2.65 bits per heavy atom. The summed E-state index contributed by atoms with van der Waals surface area (Å²) >= 11 is 6.21. The van der Waals surface area contributed by atoms with Crippen molar-refractivity contribution in [3.8, 4) is 11.5 Å². The number of benzene rings is 1. The Hall–Kier alpha value is -1.46. The molecule has 1 N–H and O–H groups in total. The van der Waals surface area contributed by atoms with Crippen molar-refractivity contribution in [3.63, 3.8) is 0 Å². The highest BCUT2D eigenvalue weighted by Gasteiger charge is 2.15. The van der Waals surface area contributed by atoms with Gasteiger partial charge in [0, 0.05) is 18.7 Å². The van der Waals surface area contributed by atoms with Gasteiger partial charge in [0.2, 0.25) is 0 Å². The van der Waals surface area contributed by atoms with E-state index >= 15 is 0 Å². The van der Waals surface area contributed by atoms with E-state index in [1.54, 1.807) is 12.1 Å². The number of carbonyl (C=O) groups is 1. The number of halogens is 1. The lowest BCUT2D eigenvalue weighted by Crippen LogP contribution is -2.25. The number of rotatable bonds is 10. The first kappa shape index (κ1) is 19.6. The average Bonchev–Trinajstić information content (AvgIpc) is 2.52. The van der Waals surface area contributed by atoms with Crippen LogP contribution in [0.4, 0.5) is 0 Å². The molecule has 0 aliphatic heterocycles. The van der Waals surface area contributed by atoms with Crippen LogP contribution in [0, 0.1) is 0 Å². The second kappa shape index (κ2) is 10.3. The molecule has 0 saturated heterocycles. The van der Waals surface area contributed by atoms with Crippen molar-refractivity contribution in [2.75, 3.05) is 26.9 Å². The Bertz CT molecular complexity index is 506. The molecule has 0 saturated carbocycles. The molecule has 0 atom stereocenters. The highest BCUT2D eigenvalue weighted by Crippen LogP contribution is 2.36. The van der Waals surface area contributed by atoms with Crippen LogP contribution in [0.25, 0.3) is 0 Å². The van der Waals surface area contributed by atoms with Gasteiger partial charge in [-0.05, 0) is 38.8 Å². The summed E-state index contributed by atoms with van der Waals surface area (Å²) < 4.78 is 16.3. The maximum atomic E-state index is 12.2. The van der Waals surface area contributed by atoms with Gasteiger partial charge in [0.25, 0.3) is 5.91 Å². The van der Waals surface area contributed by atoms with E-state index in [1.807, 2.05) is 20.8 Å². The molecule has 0 heterocycles. The minimum Gasteiger partial charge on any atom is -0.493 e. The van der Waals surface area contributed by atoms with Crippen LogP contribution in [0.3, 0.4) is 0 Å². The summed E-state index contributed by atoms with van der Waals surface area (Å²) in [6.45, 7) is 7.66. The molecule has 5 nitrogen and oxygen atoms in total. The zero-order valence-electron chi connectivity index (χ0n) is 14.3. The molecule has 0 aliphatic carbocycles. The second-order valence-electron chi connectivity index (χ2n) is 5.37. The zero-order valence-corrected chi connectivity index (χ0v) is 15.0. The largest absolute Gasteiger partial charge is 0.493 e. The van der Waals surface area contributed by atoms with E-state index < -0.39 is 0 Å². The first-order valence-electron chi connectivity index (χ1n) is 7.89. The predicted octanol–water partition coefficient (Wildman–Crippen LogP) is 3.68. The maximum Gasteiger partial charge on any atom is 0.251 e. The van der Waals surface area contributed by atoms with Crippen molar-refractivity contribution in [1.82, 2.24) is 5.32 Å². The number of methoxy groups -OCH3 is 1. The SMILES string of the molecule is CCCOc1c(Cl)cc(C(=O)NCCCOC(C)C)cc1OC. The van der Waals surface area contributed by atoms with E-state index in [2.05, 4.69) is 5.32 Å². The lowest BCUT2D eigenvalue weighted by atomic mass is 10.2. The van der Waals surface area contributed by atoms with Crippen molar-refractivity contribution >= 4 is 17.5 Å². The van der Waals surface area contributed by atoms with E-state index in [9.17, 15) is 4.79 Å². The lowest BCUT2D eigenvalue weighted by molar-refractivity contribution is 0.0757. The summed E-state index contributed by atoms with van der Waals surface area (Å²) in [4.78, 5) is 12.2. The van der Waals surface area contributed by atoms with Crippen molar-refractivity contribution in [2.45, 2.75) is 39.7 Å². The fraction of sp³-hybridized carbons (Fsp3) is 0.588. The number of ether oxygens (including phenoxy) is 3. The van der Waals surface area contributed by atoms with Gasteiger partial charge in [-0.1, -0.05) is 18.5 Å². The van der Waals surface area contributed by atoms with Gasteiger partial charge in [-0.3, -0.25) is 4.79 Å². The van der Waals surface area contributed by atoms with Gasteiger partial charge < -0.3 is 19.5 Å². The molecule has 1 rings (SSSR count). The van der Waals surface area contributed by atoms with Gasteiger partial charge in [-0.25, -0.2) is 0 Å². The molecule has 1 aromatic rings. The number of hydrogen-bond donors (Lipinski definition) is 1. The first-order valence-corrected chi connectivity index (χ1v) is 8.27. The number of nitrogens with one attached hydrogen (secondary N) is 1. The third-order valence-corrected chi connectivity index (χ3v) is 3.28. The maximum absolute atomic E-state index is 12.2. The second-order valence-corrected chi connectivity index (χ2v) is 5.77. The smallest absolute Gasteiger partial charge is 0.251 e.